The SMILES string of the molecule is COc1ccc(CCN2C(=O)C(O)=C(C(=O)c3cc4ccccc4o3)C2c2ccc(O)cc2)cc1OC. The number of hydrogen-bond donors (Lipinski definition) is 2. The fraction of sp³-hybridized carbons (Fsp3) is 0.172. The van der Waals surface area contributed by atoms with Crippen LogP contribution >= 0.6 is 0 Å². The molecule has 2 heterocycles. The number of carbonyl (C=O) groups excluding carboxylic acids is 2. The van der Waals surface area contributed by atoms with Crippen molar-refractivity contribution >= 4 is 22.7 Å². The summed E-state index contributed by atoms with van der Waals surface area (Å²) in [5, 5.41) is 21.4. The van der Waals surface area contributed by atoms with Crippen molar-refractivity contribution in [2.45, 2.75) is 12.5 Å². The molecule has 0 saturated heterocycles. The van der Waals surface area contributed by atoms with E-state index in [1.807, 2.05) is 24.3 Å². The van der Waals surface area contributed by atoms with Crippen molar-refractivity contribution in [2.75, 3.05) is 20.8 Å². The molecule has 0 spiro atoms. The monoisotopic (exact) mass is 499 g/mol. The van der Waals surface area contributed by atoms with Crippen LogP contribution in [-0.2, 0) is 11.2 Å². The third kappa shape index (κ3) is 4.38. The van der Waals surface area contributed by atoms with Crippen molar-refractivity contribution in [3.8, 4) is 17.2 Å². The van der Waals surface area contributed by atoms with Gasteiger partial charge in [-0.05, 0) is 53.9 Å². The number of aliphatic hydroxyl groups is 1. The predicted molar refractivity (Wildman–Crippen MR) is 136 cm³/mol. The van der Waals surface area contributed by atoms with Crippen LogP contribution < -0.4 is 9.47 Å². The Morgan fingerprint density at radius 2 is 1.68 bits per heavy atom. The molecule has 1 amide bonds. The van der Waals surface area contributed by atoms with Gasteiger partial charge in [-0.15, -0.1) is 0 Å². The number of ketones is 1. The minimum Gasteiger partial charge on any atom is -0.508 e. The first kappa shape index (κ1) is 24.0. The zero-order valence-corrected chi connectivity index (χ0v) is 20.3. The number of Topliss-reactive ketones (excluding diaryl/α,β-unsaturated/α-hetero) is 1. The summed E-state index contributed by atoms with van der Waals surface area (Å²) >= 11 is 0. The van der Waals surface area contributed by atoms with Gasteiger partial charge in [0.2, 0.25) is 5.78 Å². The summed E-state index contributed by atoms with van der Waals surface area (Å²) in [5.74, 6) is -0.625. The third-order valence-corrected chi connectivity index (χ3v) is 6.50. The lowest BCUT2D eigenvalue weighted by Gasteiger charge is -2.27. The summed E-state index contributed by atoms with van der Waals surface area (Å²) in [6.45, 7) is 0.209. The van der Waals surface area contributed by atoms with Gasteiger partial charge in [0.1, 0.15) is 11.3 Å². The van der Waals surface area contributed by atoms with Crippen molar-refractivity contribution in [1.82, 2.24) is 4.90 Å². The number of ether oxygens (including phenoxy) is 2. The Balaban J connectivity index is 1.50. The van der Waals surface area contributed by atoms with E-state index < -0.39 is 23.5 Å². The maximum Gasteiger partial charge on any atom is 0.290 e. The first-order valence-corrected chi connectivity index (χ1v) is 11.7. The number of para-hydroxylation sites is 1. The van der Waals surface area contributed by atoms with Crippen LogP contribution in [0.3, 0.4) is 0 Å². The number of rotatable bonds is 8. The Hall–Kier alpha value is -4.72. The number of amides is 1. The maximum absolute atomic E-state index is 13.6. The lowest BCUT2D eigenvalue weighted by atomic mass is 9.94. The van der Waals surface area contributed by atoms with Crippen molar-refractivity contribution in [3.63, 3.8) is 0 Å². The summed E-state index contributed by atoms with van der Waals surface area (Å²) in [6, 6.07) is 19.6. The normalized spacial score (nSPS) is 15.5. The number of phenols is 1. The van der Waals surface area contributed by atoms with Gasteiger partial charge in [-0.3, -0.25) is 9.59 Å². The molecular formula is C29H25NO7. The molecule has 8 heteroatoms. The second kappa shape index (κ2) is 9.73. The van der Waals surface area contributed by atoms with Gasteiger partial charge in [-0.25, -0.2) is 0 Å². The van der Waals surface area contributed by atoms with E-state index in [1.54, 1.807) is 50.6 Å². The molecule has 0 radical (unpaired) electrons. The van der Waals surface area contributed by atoms with Gasteiger partial charge >= 0.3 is 0 Å². The van der Waals surface area contributed by atoms with Crippen LogP contribution in [0.4, 0.5) is 0 Å². The summed E-state index contributed by atoms with van der Waals surface area (Å²) < 4.78 is 16.4. The van der Waals surface area contributed by atoms with Gasteiger partial charge in [0.05, 0.1) is 25.8 Å². The van der Waals surface area contributed by atoms with Gasteiger partial charge in [0, 0.05) is 11.9 Å². The van der Waals surface area contributed by atoms with E-state index in [0.717, 1.165) is 10.9 Å². The van der Waals surface area contributed by atoms with Crippen LogP contribution in [0.5, 0.6) is 17.2 Å². The summed E-state index contributed by atoms with van der Waals surface area (Å²) in [7, 11) is 3.10. The number of hydrogen-bond acceptors (Lipinski definition) is 7. The molecule has 8 nitrogen and oxygen atoms in total. The molecule has 5 rings (SSSR count). The van der Waals surface area contributed by atoms with Crippen molar-refractivity contribution in [2.24, 2.45) is 0 Å². The smallest absolute Gasteiger partial charge is 0.290 e. The second-order valence-electron chi connectivity index (χ2n) is 8.67. The molecule has 4 aromatic rings. The molecule has 1 aliphatic rings. The van der Waals surface area contributed by atoms with Crippen LogP contribution in [-0.4, -0.2) is 47.6 Å². The second-order valence-corrected chi connectivity index (χ2v) is 8.67. The molecule has 0 bridgehead atoms. The fourth-order valence-corrected chi connectivity index (χ4v) is 4.63. The molecular weight excluding hydrogens is 474 g/mol. The summed E-state index contributed by atoms with van der Waals surface area (Å²) in [5.41, 5.74) is 1.91. The highest BCUT2D eigenvalue weighted by molar-refractivity contribution is 6.16. The Bertz CT molecular complexity index is 1480. The number of aliphatic hydroxyl groups excluding tert-OH is 1. The minimum atomic E-state index is -0.867. The molecule has 1 atom stereocenters. The Morgan fingerprint density at radius 1 is 0.946 bits per heavy atom. The first-order chi connectivity index (χ1) is 17.9. The van der Waals surface area contributed by atoms with Crippen LogP contribution in [0.15, 0.2) is 88.5 Å². The van der Waals surface area contributed by atoms with E-state index in [1.165, 1.54) is 17.0 Å². The number of furan rings is 1. The van der Waals surface area contributed by atoms with E-state index in [2.05, 4.69) is 0 Å². The van der Waals surface area contributed by atoms with E-state index in [9.17, 15) is 19.8 Å². The number of phenolic OH excluding ortho intramolecular Hbond substituents is 1. The highest BCUT2D eigenvalue weighted by Gasteiger charge is 2.44. The lowest BCUT2D eigenvalue weighted by Crippen LogP contribution is -2.33. The molecule has 0 saturated carbocycles. The maximum atomic E-state index is 13.6. The van der Waals surface area contributed by atoms with Crippen LogP contribution in [0.25, 0.3) is 11.0 Å². The topological polar surface area (TPSA) is 109 Å². The largest absolute Gasteiger partial charge is 0.508 e. The van der Waals surface area contributed by atoms with Gasteiger partial charge < -0.3 is 29.0 Å². The van der Waals surface area contributed by atoms with E-state index in [-0.39, 0.29) is 23.6 Å². The van der Waals surface area contributed by atoms with Crippen LogP contribution in [0, 0.1) is 0 Å². The molecule has 0 fully saturated rings. The van der Waals surface area contributed by atoms with Gasteiger partial charge in [0.15, 0.2) is 23.0 Å². The molecule has 1 unspecified atom stereocenters. The van der Waals surface area contributed by atoms with E-state index in [0.29, 0.717) is 29.1 Å². The molecule has 188 valence electrons. The average Bonchev–Trinajstić information content (AvgIpc) is 3.46. The number of nitrogens with zero attached hydrogens (tertiary/aromatic N) is 1. The van der Waals surface area contributed by atoms with E-state index >= 15 is 0 Å². The van der Waals surface area contributed by atoms with Crippen molar-refractivity contribution in [1.29, 1.82) is 0 Å². The molecule has 37 heavy (non-hydrogen) atoms. The quantitative estimate of drug-likeness (QED) is 0.329. The lowest BCUT2D eigenvalue weighted by molar-refractivity contribution is -0.129. The Labute approximate surface area is 213 Å². The summed E-state index contributed by atoms with van der Waals surface area (Å²) in [6.07, 6.45) is 0.431. The van der Waals surface area contributed by atoms with Crippen LogP contribution in [0.1, 0.15) is 27.7 Å². The van der Waals surface area contributed by atoms with E-state index in [4.69, 9.17) is 13.9 Å². The van der Waals surface area contributed by atoms with Crippen LogP contribution in [0.2, 0.25) is 0 Å². The van der Waals surface area contributed by atoms with Gasteiger partial charge in [-0.2, -0.15) is 0 Å². The number of fused-ring (bicyclic) bond motifs is 1. The Morgan fingerprint density at radius 3 is 2.38 bits per heavy atom. The number of benzene rings is 3. The molecule has 3 aromatic carbocycles. The molecule has 0 aliphatic carbocycles. The zero-order valence-electron chi connectivity index (χ0n) is 20.3. The minimum absolute atomic E-state index is 0.0288. The molecule has 2 N–H and O–H groups in total. The summed E-state index contributed by atoms with van der Waals surface area (Å²) in [4.78, 5) is 28.3. The fourth-order valence-electron chi connectivity index (χ4n) is 4.63. The standard InChI is InChI=1S/C29H25NO7/c1-35-22-12-7-17(15-23(22)36-2)13-14-30-26(18-8-10-20(31)11-9-18)25(28(33)29(30)34)27(32)24-16-19-5-3-4-6-21(19)37-24/h3-12,15-16,26,31,33H,13-14H2,1-2H3. The zero-order chi connectivity index (χ0) is 26.1. The Kier molecular flexibility index (Phi) is 6.31. The molecule has 1 aromatic heterocycles. The highest BCUT2D eigenvalue weighted by atomic mass is 16.5. The first-order valence-electron chi connectivity index (χ1n) is 11.7. The number of aromatic hydroxyl groups is 1. The average molecular weight is 500 g/mol. The predicted octanol–water partition coefficient (Wildman–Crippen LogP) is 4.98. The van der Waals surface area contributed by atoms with Crippen molar-refractivity contribution in [3.05, 3.63) is 101 Å². The third-order valence-electron chi connectivity index (χ3n) is 6.50. The van der Waals surface area contributed by atoms with Gasteiger partial charge in [-0.1, -0.05) is 36.4 Å². The highest BCUT2D eigenvalue weighted by Crippen LogP contribution is 2.40. The number of methoxy groups -OCH3 is 2. The molecule has 1 aliphatic heterocycles. The van der Waals surface area contributed by atoms with Crippen molar-refractivity contribution < 1.29 is 33.7 Å². The number of carbonyl (C=O) groups is 2. The van der Waals surface area contributed by atoms with Gasteiger partial charge in [0.25, 0.3) is 5.91 Å².